The van der Waals surface area contributed by atoms with Gasteiger partial charge in [0.05, 0.1) is 5.69 Å². The molecule has 1 aliphatic carbocycles. The number of hydrogen-bond acceptors (Lipinski definition) is 2. The lowest BCUT2D eigenvalue weighted by atomic mass is 10.2. The Kier molecular flexibility index (Phi) is 7.65. The van der Waals surface area contributed by atoms with E-state index in [2.05, 4.69) is 28.3 Å². The Balaban J connectivity index is 0.00000192. The second-order valence-electron chi connectivity index (χ2n) is 6.44. The molecule has 3 rings (SSSR count). The predicted octanol–water partition coefficient (Wildman–Crippen LogP) is 2.88. The first kappa shape index (κ1) is 18.5. The van der Waals surface area contributed by atoms with Gasteiger partial charge in [0.1, 0.15) is 5.82 Å². The molecule has 0 radical (unpaired) electrons. The zero-order valence-corrected chi connectivity index (χ0v) is 16.5. The molecule has 0 amide bonds. The molecule has 1 fully saturated rings. The number of nitrogens with zero attached hydrogens (tertiary/aromatic N) is 3. The van der Waals surface area contributed by atoms with Gasteiger partial charge in [-0.2, -0.15) is 0 Å². The standard InChI is InChI=1S/C17H29N5.HI/c1-2-18-17(21-14-7-3-4-8-14)19-11-10-15-13-22-12-6-5-9-16(22)20-15;/h13-14H,2-12H2,1H3,(H2,18,19,21);1H. The second kappa shape index (κ2) is 9.49. The summed E-state index contributed by atoms with van der Waals surface area (Å²) in [5.41, 5.74) is 1.19. The molecule has 0 spiro atoms. The van der Waals surface area contributed by atoms with Crippen molar-refractivity contribution in [3.05, 3.63) is 17.7 Å². The van der Waals surface area contributed by atoms with Crippen LogP contribution in [0.2, 0.25) is 0 Å². The molecule has 1 aromatic rings. The number of rotatable bonds is 5. The Morgan fingerprint density at radius 1 is 1.30 bits per heavy atom. The molecule has 5 nitrogen and oxygen atoms in total. The molecular weight excluding hydrogens is 401 g/mol. The molecule has 0 atom stereocenters. The molecular formula is C17H30IN5. The van der Waals surface area contributed by atoms with Crippen molar-refractivity contribution in [3.8, 4) is 0 Å². The van der Waals surface area contributed by atoms with Crippen LogP contribution in [-0.4, -0.2) is 34.6 Å². The van der Waals surface area contributed by atoms with Crippen LogP contribution in [0.1, 0.15) is 57.0 Å². The average Bonchev–Trinajstić information content (AvgIpc) is 3.16. The number of hydrogen-bond donors (Lipinski definition) is 2. The van der Waals surface area contributed by atoms with Crippen molar-refractivity contribution >= 4 is 29.9 Å². The number of guanidine groups is 1. The number of imidazole rings is 1. The number of nitrogens with one attached hydrogen (secondary N) is 2. The van der Waals surface area contributed by atoms with Crippen molar-refractivity contribution in [2.45, 2.75) is 70.9 Å². The summed E-state index contributed by atoms with van der Waals surface area (Å²) in [4.78, 5) is 9.47. The minimum atomic E-state index is 0. The van der Waals surface area contributed by atoms with Gasteiger partial charge in [0.15, 0.2) is 5.96 Å². The summed E-state index contributed by atoms with van der Waals surface area (Å²) in [5.74, 6) is 2.24. The van der Waals surface area contributed by atoms with E-state index in [9.17, 15) is 0 Å². The van der Waals surface area contributed by atoms with Crippen molar-refractivity contribution in [1.82, 2.24) is 20.2 Å². The Morgan fingerprint density at radius 3 is 2.87 bits per heavy atom. The topological polar surface area (TPSA) is 54.2 Å². The number of halogens is 1. The van der Waals surface area contributed by atoms with E-state index in [1.165, 1.54) is 50.0 Å². The summed E-state index contributed by atoms with van der Waals surface area (Å²) in [7, 11) is 0. The highest BCUT2D eigenvalue weighted by Gasteiger charge is 2.16. The van der Waals surface area contributed by atoms with Crippen LogP contribution in [0.3, 0.4) is 0 Å². The van der Waals surface area contributed by atoms with Crippen LogP contribution in [0.4, 0.5) is 0 Å². The molecule has 2 N–H and O–H groups in total. The SMILES string of the molecule is CCNC(=NCCc1cn2c(n1)CCCC2)NC1CCCC1.I. The van der Waals surface area contributed by atoms with Crippen molar-refractivity contribution in [2.75, 3.05) is 13.1 Å². The molecule has 1 aromatic heterocycles. The van der Waals surface area contributed by atoms with Crippen LogP contribution in [0.15, 0.2) is 11.2 Å². The van der Waals surface area contributed by atoms with Gasteiger partial charge in [0, 0.05) is 44.7 Å². The van der Waals surface area contributed by atoms with Crippen molar-refractivity contribution < 1.29 is 0 Å². The zero-order chi connectivity index (χ0) is 15.2. The van der Waals surface area contributed by atoms with Gasteiger partial charge < -0.3 is 15.2 Å². The molecule has 0 bridgehead atoms. The first-order valence-corrected chi connectivity index (χ1v) is 8.95. The maximum absolute atomic E-state index is 4.75. The molecule has 0 aromatic carbocycles. The van der Waals surface area contributed by atoms with E-state index < -0.39 is 0 Å². The van der Waals surface area contributed by atoms with Crippen molar-refractivity contribution in [1.29, 1.82) is 0 Å². The lowest BCUT2D eigenvalue weighted by molar-refractivity contribution is 0.522. The zero-order valence-electron chi connectivity index (χ0n) is 14.2. The van der Waals surface area contributed by atoms with E-state index >= 15 is 0 Å². The number of fused-ring (bicyclic) bond motifs is 1. The fraction of sp³-hybridized carbons (Fsp3) is 0.765. The van der Waals surface area contributed by atoms with E-state index in [1.54, 1.807) is 0 Å². The molecule has 1 saturated carbocycles. The van der Waals surface area contributed by atoms with Crippen molar-refractivity contribution in [3.63, 3.8) is 0 Å². The summed E-state index contributed by atoms with van der Waals surface area (Å²) in [6.45, 7) is 4.97. The van der Waals surface area contributed by atoms with Crippen LogP contribution in [-0.2, 0) is 19.4 Å². The number of aliphatic imine (C=N–C) groups is 1. The van der Waals surface area contributed by atoms with Gasteiger partial charge in [-0.1, -0.05) is 12.8 Å². The normalized spacial score (nSPS) is 18.4. The largest absolute Gasteiger partial charge is 0.357 e. The molecule has 130 valence electrons. The van der Waals surface area contributed by atoms with Crippen LogP contribution < -0.4 is 10.6 Å². The smallest absolute Gasteiger partial charge is 0.191 e. The van der Waals surface area contributed by atoms with Gasteiger partial charge in [-0.25, -0.2) is 4.98 Å². The third-order valence-electron chi connectivity index (χ3n) is 4.64. The highest BCUT2D eigenvalue weighted by Crippen LogP contribution is 2.17. The van der Waals surface area contributed by atoms with Gasteiger partial charge in [-0.15, -0.1) is 24.0 Å². The fourth-order valence-electron chi connectivity index (χ4n) is 3.46. The molecule has 23 heavy (non-hydrogen) atoms. The number of aryl methyl sites for hydroxylation is 2. The van der Waals surface area contributed by atoms with Gasteiger partial charge in [0.2, 0.25) is 0 Å². The summed E-state index contributed by atoms with van der Waals surface area (Å²) < 4.78 is 2.32. The fourth-order valence-corrected chi connectivity index (χ4v) is 3.46. The molecule has 0 unspecified atom stereocenters. The van der Waals surface area contributed by atoms with Gasteiger partial charge in [0.25, 0.3) is 0 Å². The van der Waals surface area contributed by atoms with E-state index in [4.69, 9.17) is 9.98 Å². The lowest BCUT2D eigenvalue weighted by Crippen LogP contribution is -2.42. The molecule has 0 saturated heterocycles. The highest BCUT2D eigenvalue weighted by atomic mass is 127. The molecule has 2 heterocycles. The molecule has 1 aliphatic heterocycles. The maximum Gasteiger partial charge on any atom is 0.191 e. The molecule has 6 heteroatoms. The average molecular weight is 431 g/mol. The predicted molar refractivity (Wildman–Crippen MR) is 106 cm³/mol. The van der Waals surface area contributed by atoms with Crippen LogP contribution in [0.5, 0.6) is 0 Å². The highest BCUT2D eigenvalue weighted by molar-refractivity contribution is 14.0. The van der Waals surface area contributed by atoms with Crippen LogP contribution in [0.25, 0.3) is 0 Å². The third kappa shape index (κ3) is 5.36. The second-order valence-corrected chi connectivity index (χ2v) is 6.44. The monoisotopic (exact) mass is 431 g/mol. The molecule has 2 aliphatic rings. The van der Waals surface area contributed by atoms with E-state index in [1.807, 2.05) is 0 Å². The summed E-state index contributed by atoms with van der Waals surface area (Å²) >= 11 is 0. The van der Waals surface area contributed by atoms with Gasteiger partial charge in [-0.3, -0.25) is 4.99 Å². The van der Waals surface area contributed by atoms with Gasteiger partial charge >= 0.3 is 0 Å². The maximum atomic E-state index is 4.75. The van der Waals surface area contributed by atoms with E-state index in [0.29, 0.717) is 6.04 Å². The van der Waals surface area contributed by atoms with Crippen LogP contribution in [0, 0.1) is 0 Å². The van der Waals surface area contributed by atoms with E-state index in [0.717, 1.165) is 38.4 Å². The van der Waals surface area contributed by atoms with E-state index in [-0.39, 0.29) is 24.0 Å². The summed E-state index contributed by atoms with van der Waals surface area (Å²) in [5, 5.41) is 6.92. The Bertz CT molecular complexity index is 482. The minimum absolute atomic E-state index is 0. The lowest BCUT2D eigenvalue weighted by Gasteiger charge is -2.16. The Morgan fingerprint density at radius 2 is 2.13 bits per heavy atom. The number of aromatic nitrogens is 2. The first-order valence-electron chi connectivity index (χ1n) is 8.95. The summed E-state index contributed by atoms with van der Waals surface area (Å²) in [6, 6.07) is 0.609. The third-order valence-corrected chi connectivity index (χ3v) is 4.64. The quantitative estimate of drug-likeness (QED) is 0.428. The minimum Gasteiger partial charge on any atom is -0.357 e. The Hall–Kier alpha value is -0.790. The Labute approximate surface area is 156 Å². The van der Waals surface area contributed by atoms with Gasteiger partial charge in [-0.05, 0) is 32.6 Å². The first-order chi connectivity index (χ1) is 10.8. The van der Waals surface area contributed by atoms with Crippen LogP contribution >= 0.6 is 24.0 Å². The summed E-state index contributed by atoms with van der Waals surface area (Å²) in [6.07, 6.45) is 12.1. The van der Waals surface area contributed by atoms with Crippen molar-refractivity contribution in [2.24, 2.45) is 4.99 Å².